The fourth-order valence-corrected chi connectivity index (χ4v) is 5.44. The lowest BCUT2D eigenvalue weighted by atomic mass is 9.97. The van der Waals surface area contributed by atoms with Crippen LogP contribution in [-0.4, -0.2) is 120 Å². The molecule has 2 fully saturated rings. The van der Waals surface area contributed by atoms with Crippen LogP contribution in [0.1, 0.15) is 94.9 Å². The van der Waals surface area contributed by atoms with Crippen LogP contribution < -0.4 is 0 Å². The van der Waals surface area contributed by atoms with Crippen LogP contribution in [0.25, 0.3) is 0 Å². The zero-order valence-electron chi connectivity index (χ0n) is 32.1. The third kappa shape index (κ3) is 13.5. The maximum Gasteiger partial charge on any atom is 0.308 e. The minimum Gasteiger partial charge on any atom is -0.463 e. The Morgan fingerprint density at radius 1 is 0.635 bits per heavy atom. The van der Waals surface area contributed by atoms with E-state index in [0.29, 0.717) is 0 Å². The van der Waals surface area contributed by atoms with Crippen molar-refractivity contribution in [2.75, 3.05) is 19.8 Å². The molecule has 52 heavy (non-hydrogen) atoms. The van der Waals surface area contributed by atoms with E-state index < -0.39 is 110 Å². The quantitative estimate of drug-likeness (QED) is 0.127. The smallest absolute Gasteiger partial charge is 0.308 e. The van der Waals surface area contributed by atoms with Gasteiger partial charge >= 0.3 is 29.8 Å². The largest absolute Gasteiger partial charge is 0.463 e. The minimum absolute atomic E-state index is 0.0242. The highest BCUT2D eigenvalue weighted by Gasteiger charge is 2.61. The average molecular weight is 749 g/mol. The fraction of sp³-hybridized carbons (Fsp3) is 0.861. The highest BCUT2D eigenvalue weighted by Crippen LogP contribution is 2.39. The average Bonchev–Trinajstić information content (AvgIpc) is 3.24. The highest BCUT2D eigenvalue weighted by atomic mass is 16.8. The number of aliphatic hydroxyl groups excluding tert-OH is 3. The number of carbonyl (C=O) groups is 5. The van der Waals surface area contributed by atoms with Gasteiger partial charge in [0.2, 0.25) is 12.1 Å². The van der Waals surface area contributed by atoms with Crippen molar-refractivity contribution in [3.8, 4) is 0 Å². The third-order valence-corrected chi connectivity index (χ3v) is 7.99. The molecule has 0 aromatic heterocycles. The van der Waals surface area contributed by atoms with Crippen LogP contribution in [-0.2, 0) is 61.9 Å². The van der Waals surface area contributed by atoms with Gasteiger partial charge in [-0.25, -0.2) is 0 Å². The van der Waals surface area contributed by atoms with E-state index in [0.717, 1.165) is 0 Å². The number of ether oxygens (including phenoxy) is 8. The Morgan fingerprint density at radius 2 is 1.12 bits per heavy atom. The zero-order chi connectivity index (χ0) is 39.5. The SMILES string of the molecule is CC(C)CC(=O)OC[C@H]1O[C@@](COC(=O)CC(C)C)(O[C@H]2O[C@H](CO)[C@@H](OC(=O)CC(C)C)[C@H](OC(=O)C(C)C)[C@H]2OC(=O)CC(C)C)[C@@H](O)[C@@H]1O. The van der Waals surface area contributed by atoms with Crippen molar-refractivity contribution in [1.82, 2.24) is 0 Å². The van der Waals surface area contributed by atoms with Gasteiger partial charge in [0.25, 0.3) is 0 Å². The minimum atomic E-state index is -2.44. The lowest BCUT2D eigenvalue weighted by Gasteiger charge is -2.46. The number of aliphatic hydroxyl groups is 3. The maximum atomic E-state index is 13.2. The van der Waals surface area contributed by atoms with Gasteiger partial charge in [-0.05, 0) is 23.7 Å². The molecule has 2 aliphatic rings. The highest BCUT2D eigenvalue weighted by molar-refractivity contribution is 5.73. The van der Waals surface area contributed by atoms with Crippen LogP contribution in [0.4, 0.5) is 0 Å². The van der Waals surface area contributed by atoms with Gasteiger partial charge in [-0.15, -0.1) is 0 Å². The van der Waals surface area contributed by atoms with E-state index in [1.165, 1.54) is 0 Å². The summed E-state index contributed by atoms with van der Waals surface area (Å²) < 4.78 is 46.3. The Kier molecular flexibility index (Phi) is 17.9. The second kappa shape index (κ2) is 20.5. The van der Waals surface area contributed by atoms with Gasteiger partial charge < -0.3 is 53.2 Å². The van der Waals surface area contributed by atoms with Gasteiger partial charge in [-0.3, -0.25) is 24.0 Å². The molecule has 300 valence electrons. The van der Waals surface area contributed by atoms with Crippen LogP contribution >= 0.6 is 0 Å². The molecule has 0 aromatic carbocycles. The van der Waals surface area contributed by atoms with Gasteiger partial charge in [0, 0.05) is 25.7 Å². The fourth-order valence-electron chi connectivity index (χ4n) is 5.44. The molecule has 0 saturated carbocycles. The first kappa shape index (κ1) is 45.3. The summed E-state index contributed by atoms with van der Waals surface area (Å²) in [6.45, 7) is 15.2. The first-order valence-corrected chi connectivity index (χ1v) is 18.1. The Bertz CT molecular complexity index is 1180. The number of carbonyl (C=O) groups excluding carboxylic acids is 5. The predicted octanol–water partition coefficient (Wildman–Crippen LogP) is 2.20. The Hall–Kier alpha value is -2.89. The molecule has 0 aromatic rings. The monoisotopic (exact) mass is 748 g/mol. The Morgan fingerprint density at radius 3 is 1.60 bits per heavy atom. The standard InChI is InChI=1S/C36H60O16/c1-18(2)11-25(38)45-16-24-29(42)33(43)36(51-24,17-46-26(39)12-19(3)4)52-35-32(49-28(41)14-21(7)8)31(50-34(44)22(9)10)30(23(15-37)47-35)48-27(40)13-20(5)6/h18-24,29-33,35,37,42-43H,11-17H2,1-10H3/t23-,24-,29-,30-,31+,32-,33+,35-,36+/m1/s1. The van der Waals surface area contributed by atoms with Gasteiger partial charge in [0.05, 0.1) is 12.5 Å². The van der Waals surface area contributed by atoms with E-state index in [-0.39, 0.29) is 49.4 Å². The molecule has 3 N–H and O–H groups in total. The molecule has 0 spiro atoms. The normalized spacial score (nSPS) is 29.1. The van der Waals surface area contributed by atoms with E-state index >= 15 is 0 Å². The maximum absolute atomic E-state index is 13.2. The van der Waals surface area contributed by atoms with Gasteiger partial charge in [-0.1, -0.05) is 69.2 Å². The molecule has 9 atom stereocenters. The zero-order valence-corrected chi connectivity index (χ0v) is 32.1. The van der Waals surface area contributed by atoms with Crippen LogP contribution in [0.2, 0.25) is 0 Å². The molecule has 0 unspecified atom stereocenters. The van der Waals surface area contributed by atoms with Crippen molar-refractivity contribution in [2.45, 2.75) is 150 Å². The van der Waals surface area contributed by atoms with Crippen molar-refractivity contribution in [3.63, 3.8) is 0 Å². The predicted molar refractivity (Wildman–Crippen MR) is 181 cm³/mol. The van der Waals surface area contributed by atoms with Gasteiger partial charge in [0.15, 0.2) is 18.3 Å². The summed E-state index contributed by atoms with van der Waals surface area (Å²) in [5.41, 5.74) is 0. The summed E-state index contributed by atoms with van der Waals surface area (Å²) in [6.07, 6.45) is -13.3. The lowest BCUT2D eigenvalue weighted by Crippen LogP contribution is -2.65. The first-order chi connectivity index (χ1) is 24.2. The molecule has 0 radical (unpaired) electrons. The Labute approximate surface area is 306 Å². The Balaban J connectivity index is 2.65. The van der Waals surface area contributed by atoms with Gasteiger partial charge in [-0.2, -0.15) is 0 Å². The molecule has 2 rings (SSSR count). The molecule has 2 heterocycles. The molecule has 16 heteroatoms. The third-order valence-electron chi connectivity index (χ3n) is 7.99. The van der Waals surface area contributed by atoms with E-state index in [1.807, 2.05) is 13.8 Å². The van der Waals surface area contributed by atoms with Crippen LogP contribution in [0.15, 0.2) is 0 Å². The molecule has 0 bridgehead atoms. The second-order valence-corrected chi connectivity index (χ2v) is 15.4. The summed E-state index contributed by atoms with van der Waals surface area (Å²) in [5.74, 6) is -7.14. The molecule has 0 aliphatic carbocycles. The summed E-state index contributed by atoms with van der Waals surface area (Å²) in [5, 5.41) is 33.0. The van der Waals surface area contributed by atoms with E-state index in [4.69, 9.17) is 37.9 Å². The van der Waals surface area contributed by atoms with Crippen molar-refractivity contribution in [3.05, 3.63) is 0 Å². The molecule has 2 aliphatic heterocycles. The van der Waals surface area contributed by atoms with E-state index in [2.05, 4.69) is 0 Å². The molecule has 2 saturated heterocycles. The van der Waals surface area contributed by atoms with Crippen molar-refractivity contribution in [2.24, 2.45) is 29.6 Å². The van der Waals surface area contributed by atoms with E-state index in [9.17, 15) is 39.3 Å². The number of rotatable bonds is 19. The summed E-state index contributed by atoms with van der Waals surface area (Å²) in [4.78, 5) is 64.3. The van der Waals surface area contributed by atoms with Crippen LogP contribution in [0.3, 0.4) is 0 Å². The summed E-state index contributed by atoms with van der Waals surface area (Å²) >= 11 is 0. The van der Waals surface area contributed by atoms with Crippen LogP contribution in [0, 0.1) is 29.6 Å². The first-order valence-electron chi connectivity index (χ1n) is 18.1. The van der Waals surface area contributed by atoms with Crippen molar-refractivity contribution in [1.29, 1.82) is 0 Å². The summed E-state index contributed by atoms with van der Waals surface area (Å²) in [6, 6.07) is 0. The number of hydrogen-bond acceptors (Lipinski definition) is 16. The summed E-state index contributed by atoms with van der Waals surface area (Å²) in [7, 11) is 0. The molecule has 16 nitrogen and oxygen atoms in total. The molecule has 0 amide bonds. The van der Waals surface area contributed by atoms with Crippen molar-refractivity contribution < 1.29 is 77.2 Å². The number of hydrogen-bond donors (Lipinski definition) is 3. The van der Waals surface area contributed by atoms with Crippen LogP contribution in [0.5, 0.6) is 0 Å². The second-order valence-electron chi connectivity index (χ2n) is 15.4. The lowest BCUT2D eigenvalue weighted by molar-refractivity contribution is -0.384. The molecular formula is C36H60O16. The molecular weight excluding hydrogens is 688 g/mol. The van der Waals surface area contributed by atoms with Crippen molar-refractivity contribution >= 4 is 29.8 Å². The number of esters is 5. The topological polar surface area (TPSA) is 220 Å². The van der Waals surface area contributed by atoms with E-state index in [1.54, 1.807) is 55.4 Å². The van der Waals surface area contributed by atoms with Gasteiger partial charge in [0.1, 0.15) is 37.6 Å².